The van der Waals surface area contributed by atoms with Crippen LogP contribution in [0.4, 0.5) is 0 Å². The van der Waals surface area contributed by atoms with E-state index in [1.54, 1.807) is 9.58 Å². The molecule has 1 amide bonds. The minimum Gasteiger partial charge on any atom is -0.336 e. The van der Waals surface area contributed by atoms with Crippen molar-refractivity contribution in [3.05, 3.63) is 52.2 Å². The summed E-state index contributed by atoms with van der Waals surface area (Å²) in [5, 5.41) is 4.76. The van der Waals surface area contributed by atoms with Gasteiger partial charge in [-0.05, 0) is 64.8 Å². The van der Waals surface area contributed by atoms with Crippen LogP contribution in [0.3, 0.4) is 0 Å². The molecule has 28 heavy (non-hydrogen) atoms. The quantitative estimate of drug-likeness (QED) is 0.681. The van der Waals surface area contributed by atoms with Crippen LogP contribution in [0.25, 0.3) is 16.7 Å². The maximum atomic E-state index is 12.9. The summed E-state index contributed by atoms with van der Waals surface area (Å²) in [5.41, 5.74) is 3.31. The second kappa shape index (κ2) is 7.58. The van der Waals surface area contributed by atoms with Crippen LogP contribution in [0.1, 0.15) is 38.8 Å². The molecule has 148 valence electrons. The van der Waals surface area contributed by atoms with E-state index in [2.05, 4.69) is 16.1 Å². The Balaban J connectivity index is 1.99. The van der Waals surface area contributed by atoms with Crippen LogP contribution >= 0.6 is 0 Å². The summed E-state index contributed by atoms with van der Waals surface area (Å²) in [4.78, 5) is 31.8. The molecule has 0 radical (unpaired) electrons. The minimum atomic E-state index is -0.263. The normalized spacial score (nSPS) is 11.6. The second-order valence-corrected chi connectivity index (χ2v) is 7.81. The molecule has 0 aliphatic carbocycles. The number of fused-ring (bicyclic) bond motifs is 1. The fourth-order valence-electron chi connectivity index (χ4n) is 3.72. The van der Waals surface area contributed by atoms with Gasteiger partial charge in [0.15, 0.2) is 5.65 Å². The van der Waals surface area contributed by atoms with Crippen LogP contribution in [-0.2, 0) is 11.3 Å². The maximum Gasteiger partial charge on any atom is 0.264 e. The van der Waals surface area contributed by atoms with Crippen molar-refractivity contribution in [1.29, 1.82) is 0 Å². The van der Waals surface area contributed by atoms with Crippen molar-refractivity contribution >= 4 is 16.9 Å². The molecule has 2 aromatic heterocycles. The molecule has 0 N–H and O–H groups in total. The lowest BCUT2D eigenvalue weighted by Crippen LogP contribution is -2.44. The molecule has 2 heterocycles. The van der Waals surface area contributed by atoms with E-state index < -0.39 is 0 Å². The highest BCUT2D eigenvalue weighted by atomic mass is 16.2. The first kappa shape index (κ1) is 19.8. The lowest BCUT2D eigenvalue weighted by Gasteiger charge is -2.30. The van der Waals surface area contributed by atoms with Crippen LogP contribution in [-0.4, -0.2) is 42.2 Å². The fraction of sp³-hybridized carbons (Fsp3) is 0.429. The number of hydrogen-bond acceptors (Lipinski definition) is 4. The summed E-state index contributed by atoms with van der Waals surface area (Å²) in [6, 6.07) is 6.20. The average Bonchev–Trinajstić information content (AvgIpc) is 3.00. The molecule has 0 atom stereocenters. The number of benzene rings is 1. The number of carbonyl (C=O) groups excluding carboxylic acids is 1. The third-order valence-corrected chi connectivity index (χ3v) is 4.71. The predicted octanol–water partition coefficient (Wildman–Crippen LogP) is 2.84. The Hall–Kier alpha value is -2.96. The third kappa shape index (κ3) is 3.69. The highest BCUT2D eigenvalue weighted by molar-refractivity contribution is 5.78. The van der Waals surface area contributed by atoms with Crippen molar-refractivity contribution < 1.29 is 4.79 Å². The van der Waals surface area contributed by atoms with Gasteiger partial charge in [0.05, 0.1) is 11.9 Å². The van der Waals surface area contributed by atoms with Crippen LogP contribution in [0, 0.1) is 13.8 Å². The van der Waals surface area contributed by atoms with Gasteiger partial charge in [-0.1, -0.05) is 6.07 Å². The summed E-state index contributed by atoms with van der Waals surface area (Å²) in [6.45, 7) is 11.9. The zero-order valence-electron chi connectivity index (χ0n) is 17.3. The van der Waals surface area contributed by atoms with Gasteiger partial charge < -0.3 is 4.90 Å². The summed E-state index contributed by atoms with van der Waals surface area (Å²) in [7, 11) is 0. The number of aryl methyl sites for hydroxylation is 2. The largest absolute Gasteiger partial charge is 0.336 e. The maximum absolute atomic E-state index is 12.9. The van der Waals surface area contributed by atoms with Crippen molar-refractivity contribution in [2.24, 2.45) is 0 Å². The summed E-state index contributed by atoms with van der Waals surface area (Å²) < 4.78 is 3.02. The zero-order chi connectivity index (χ0) is 20.6. The number of rotatable bonds is 5. The summed E-state index contributed by atoms with van der Waals surface area (Å²) in [6.07, 6.45) is 2.95. The summed E-state index contributed by atoms with van der Waals surface area (Å²) in [5.74, 6) is -0.102. The van der Waals surface area contributed by atoms with Gasteiger partial charge in [-0.2, -0.15) is 5.10 Å². The Kier molecular flexibility index (Phi) is 5.36. The highest BCUT2D eigenvalue weighted by Crippen LogP contribution is 2.17. The van der Waals surface area contributed by atoms with Crippen molar-refractivity contribution in [1.82, 2.24) is 24.2 Å². The van der Waals surface area contributed by atoms with Gasteiger partial charge >= 0.3 is 0 Å². The van der Waals surface area contributed by atoms with E-state index in [-0.39, 0.29) is 30.1 Å². The molecule has 0 spiro atoms. The topological polar surface area (TPSA) is 73.0 Å². The Morgan fingerprint density at radius 1 is 1.07 bits per heavy atom. The molecule has 7 nitrogen and oxygen atoms in total. The van der Waals surface area contributed by atoms with Crippen molar-refractivity contribution in [3.63, 3.8) is 0 Å². The molecule has 0 aliphatic heterocycles. The standard InChI is InChI=1S/C21H27N5O2/c1-13(2)25(14(3)4)19(27)11-24-12-22-20-18(21(24)28)10-23-26(20)17-8-15(5)7-16(6)9-17/h7-10,12-14H,11H2,1-6H3. The van der Waals surface area contributed by atoms with Gasteiger partial charge in [0, 0.05) is 12.1 Å². The number of nitrogens with zero attached hydrogens (tertiary/aromatic N) is 5. The van der Waals surface area contributed by atoms with Gasteiger partial charge in [-0.15, -0.1) is 0 Å². The molecule has 7 heteroatoms. The van der Waals surface area contributed by atoms with Crippen LogP contribution in [0.2, 0.25) is 0 Å². The SMILES string of the molecule is Cc1cc(C)cc(-n2ncc3c(=O)n(CC(=O)N(C(C)C)C(C)C)cnc32)c1. The molecule has 3 rings (SSSR count). The summed E-state index contributed by atoms with van der Waals surface area (Å²) >= 11 is 0. The third-order valence-electron chi connectivity index (χ3n) is 4.71. The second-order valence-electron chi connectivity index (χ2n) is 7.81. The molecule has 0 saturated heterocycles. The molecule has 1 aromatic carbocycles. The van der Waals surface area contributed by atoms with E-state index in [4.69, 9.17) is 0 Å². The average molecular weight is 381 g/mol. The Morgan fingerprint density at radius 2 is 1.68 bits per heavy atom. The molecule has 3 aromatic rings. The van der Waals surface area contributed by atoms with Gasteiger partial charge in [0.1, 0.15) is 18.3 Å². The van der Waals surface area contributed by atoms with Crippen molar-refractivity contribution in [3.8, 4) is 5.69 Å². The van der Waals surface area contributed by atoms with Gasteiger partial charge in [0.25, 0.3) is 5.56 Å². The van der Waals surface area contributed by atoms with E-state index in [0.717, 1.165) is 16.8 Å². The van der Waals surface area contributed by atoms with Crippen molar-refractivity contribution in [2.45, 2.75) is 60.2 Å². The number of hydrogen-bond donors (Lipinski definition) is 0. The lowest BCUT2D eigenvalue weighted by molar-refractivity contribution is -0.135. The van der Waals surface area contributed by atoms with Crippen LogP contribution in [0.5, 0.6) is 0 Å². The molecule has 0 aliphatic rings. The van der Waals surface area contributed by atoms with Gasteiger partial charge in [-0.3, -0.25) is 14.2 Å². The van der Waals surface area contributed by atoms with E-state index >= 15 is 0 Å². The fourth-order valence-corrected chi connectivity index (χ4v) is 3.72. The first-order valence-electron chi connectivity index (χ1n) is 9.52. The van der Waals surface area contributed by atoms with E-state index in [1.165, 1.54) is 17.1 Å². The molecule has 0 unspecified atom stereocenters. The van der Waals surface area contributed by atoms with Crippen LogP contribution < -0.4 is 5.56 Å². The molecule has 0 saturated carbocycles. The van der Waals surface area contributed by atoms with E-state index in [1.807, 2.05) is 53.7 Å². The van der Waals surface area contributed by atoms with Crippen molar-refractivity contribution in [2.75, 3.05) is 0 Å². The molecular formula is C21H27N5O2. The monoisotopic (exact) mass is 381 g/mol. The first-order valence-corrected chi connectivity index (χ1v) is 9.52. The molecule has 0 bridgehead atoms. The van der Waals surface area contributed by atoms with E-state index in [0.29, 0.717) is 11.0 Å². The van der Waals surface area contributed by atoms with Crippen LogP contribution in [0.15, 0.2) is 35.5 Å². The number of amides is 1. The smallest absolute Gasteiger partial charge is 0.264 e. The lowest BCUT2D eigenvalue weighted by atomic mass is 10.1. The Bertz CT molecular complexity index is 1050. The Morgan fingerprint density at radius 3 is 2.25 bits per heavy atom. The minimum absolute atomic E-state index is 0.0349. The highest BCUT2D eigenvalue weighted by Gasteiger charge is 2.21. The number of aromatic nitrogens is 4. The first-order chi connectivity index (χ1) is 13.2. The zero-order valence-corrected chi connectivity index (χ0v) is 17.3. The van der Waals surface area contributed by atoms with Gasteiger partial charge in [-0.25, -0.2) is 9.67 Å². The van der Waals surface area contributed by atoms with Gasteiger partial charge in [0.2, 0.25) is 5.91 Å². The number of carbonyl (C=O) groups is 1. The predicted molar refractivity (Wildman–Crippen MR) is 110 cm³/mol. The Labute approximate surface area is 164 Å². The molecule has 0 fully saturated rings. The molecular weight excluding hydrogens is 354 g/mol. The van der Waals surface area contributed by atoms with E-state index in [9.17, 15) is 9.59 Å².